The number of benzene rings is 5. The Morgan fingerprint density at radius 1 is 0.671 bits per heavy atom. The van der Waals surface area contributed by atoms with Crippen molar-refractivity contribution in [1.82, 2.24) is 5.06 Å². The maximum absolute atomic E-state index is 14.2. The number of hydroxylamine groups is 2. The minimum Gasteiger partial charge on any atom is -0.493 e. The lowest BCUT2D eigenvalue weighted by molar-refractivity contribution is -0.197. The minimum atomic E-state index is -0.703. The van der Waals surface area contributed by atoms with Crippen molar-refractivity contribution in [3.63, 3.8) is 0 Å². The maximum atomic E-state index is 14.2. The summed E-state index contributed by atoms with van der Waals surface area (Å²) in [4.78, 5) is 81.5. The highest BCUT2D eigenvalue weighted by molar-refractivity contribution is 6.15. The molecule has 5 aliphatic heterocycles. The van der Waals surface area contributed by atoms with Crippen LogP contribution in [0.5, 0.6) is 23.0 Å². The minimum absolute atomic E-state index is 0.00465. The molecule has 1 unspecified atom stereocenters. The number of nitrogens with one attached hydrogen (secondary N) is 1. The predicted octanol–water partition coefficient (Wildman–Crippen LogP) is 7.02. The van der Waals surface area contributed by atoms with Gasteiger partial charge in [-0.3, -0.25) is 29.1 Å². The van der Waals surface area contributed by atoms with Crippen LogP contribution in [0.1, 0.15) is 68.7 Å². The highest BCUT2D eigenvalue weighted by atomic mass is 16.7. The standard InChI is InChI=1S/C57H60N6O13/c1-69-19-20-73-22-21-72-18-17-60(16-8-13-55(66)76-63-53(64)14-15-54(63)65)40-24-36(34-74-51-30-45-43(28-49(51)70-2)56(67)61-41(32-58-45)26-38-9-4-6-11-47(38)61)23-37(25-40)35-75-52-31-46-44(29-50(52)71-3)57(68)62-42(33-59-46)27-39-10-5-7-12-48(39)62/h4-7,9-12,23-25,28-32,41-42,59H,8,13-22,26-27,33-35H2,1-3H3/t41-,42?/m0/s1. The summed E-state index contributed by atoms with van der Waals surface area (Å²) < 4.78 is 41.5. The van der Waals surface area contributed by atoms with E-state index in [0.717, 1.165) is 45.7 Å². The molecule has 19 heteroatoms. The summed E-state index contributed by atoms with van der Waals surface area (Å²) >= 11 is 0. The Labute approximate surface area is 440 Å². The van der Waals surface area contributed by atoms with Gasteiger partial charge in [0.05, 0.1) is 81.8 Å². The molecule has 4 amide bonds. The van der Waals surface area contributed by atoms with Crippen molar-refractivity contribution in [3.05, 3.63) is 124 Å². The van der Waals surface area contributed by atoms with E-state index in [4.69, 9.17) is 43.0 Å². The van der Waals surface area contributed by atoms with Gasteiger partial charge >= 0.3 is 5.97 Å². The van der Waals surface area contributed by atoms with Crippen molar-refractivity contribution in [2.45, 2.75) is 63.8 Å². The van der Waals surface area contributed by atoms with Gasteiger partial charge in [-0.05, 0) is 77.6 Å². The zero-order valence-electron chi connectivity index (χ0n) is 42.7. The van der Waals surface area contributed by atoms with Gasteiger partial charge in [-0.15, -0.1) is 5.06 Å². The summed E-state index contributed by atoms with van der Waals surface area (Å²) in [5, 5.41) is 4.06. The topological polar surface area (TPSA) is 197 Å². The van der Waals surface area contributed by atoms with Gasteiger partial charge in [0.25, 0.3) is 23.6 Å². The number of aliphatic imine (C=N–C) groups is 1. The number of nitrogens with zero attached hydrogens (tertiary/aromatic N) is 5. The summed E-state index contributed by atoms with van der Waals surface area (Å²) in [5.74, 6) is -0.562. The number of amides is 4. The summed E-state index contributed by atoms with van der Waals surface area (Å²) in [6.07, 6.45) is 3.43. The van der Waals surface area contributed by atoms with Crippen molar-refractivity contribution >= 4 is 64.2 Å². The van der Waals surface area contributed by atoms with Crippen LogP contribution in [0.4, 0.5) is 28.4 Å². The Kier molecular flexibility index (Phi) is 15.8. The molecule has 0 bridgehead atoms. The molecule has 1 N–H and O–H groups in total. The molecule has 10 rings (SSSR count). The number of anilines is 4. The Morgan fingerprint density at radius 3 is 1.99 bits per heavy atom. The van der Waals surface area contributed by atoms with Crippen molar-refractivity contribution in [2.75, 3.05) is 94.0 Å². The maximum Gasteiger partial charge on any atom is 0.333 e. The second kappa shape index (κ2) is 23.3. The molecule has 0 aromatic heterocycles. The van der Waals surface area contributed by atoms with Crippen LogP contribution in [-0.2, 0) is 59.5 Å². The third-order valence-electron chi connectivity index (χ3n) is 14.0. The lowest BCUT2D eigenvalue weighted by atomic mass is 10.1. The fraction of sp³-hybridized carbons (Fsp3) is 0.368. The first-order chi connectivity index (χ1) is 37.1. The fourth-order valence-electron chi connectivity index (χ4n) is 10.2. The molecule has 2 atom stereocenters. The molecular weight excluding hydrogens is 977 g/mol. The van der Waals surface area contributed by atoms with Crippen LogP contribution in [0.3, 0.4) is 0 Å². The highest BCUT2D eigenvalue weighted by Gasteiger charge is 2.39. The van der Waals surface area contributed by atoms with Gasteiger partial charge < -0.3 is 53.1 Å². The van der Waals surface area contributed by atoms with Crippen molar-refractivity contribution in [2.24, 2.45) is 4.99 Å². The number of imide groups is 1. The molecule has 19 nitrogen and oxygen atoms in total. The van der Waals surface area contributed by atoms with Crippen LogP contribution in [0.2, 0.25) is 0 Å². The summed E-state index contributed by atoms with van der Waals surface area (Å²) in [6, 6.07) is 28.4. The van der Waals surface area contributed by atoms with Gasteiger partial charge in [0.15, 0.2) is 23.0 Å². The van der Waals surface area contributed by atoms with Crippen LogP contribution in [0.15, 0.2) is 96.0 Å². The van der Waals surface area contributed by atoms with E-state index in [2.05, 4.69) is 16.3 Å². The number of rotatable bonds is 23. The Hall–Kier alpha value is -8.00. The fourth-order valence-corrected chi connectivity index (χ4v) is 10.2. The third-order valence-corrected chi connectivity index (χ3v) is 14.0. The van der Waals surface area contributed by atoms with E-state index in [0.29, 0.717) is 116 Å². The molecule has 396 valence electrons. The van der Waals surface area contributed by atoms with E-state index in [1.54, 1.807) is 36.3 Å². The van der Waals surface area contributed by atoms with Gasteiger partial charge in [0.2, 0.25) is 0 Å². The van der Waals surface area contributed by atoms with Crippen LogP contribution in [0.25, 0.3) is 0 Å². The molecule has 76 heavy (non-hydrogen) atoms. The van der Waals surface area contributed by atoms with E-state index in [-0.39, 0.29) is 56.4 Å². The number of ether oxygens (including phenoxy) is 7. The molecule has 5 heterocycles. The molecule has 0 saturated carbocycles. The highest BCUT2D eigenvalue weighted by Crippen LogP contribution is 2.43. The van der Waals surface area contributed by atoms with Crippen LogP contribution in [-0.4, -0.2) is 127 Å². The van der Waals surface area contributed by atoms with Gasteiger partial charge in [0.1, 0.15) is 13.2 Å². The van der Waals surface area contributed by atoms with Crippen LogP contribution < -0.4 is 39.0 Å². The van der Waals surface area contributed by atoms with E-state index in [1.165, 1.54) is 14.2 Å². The summed E-state index contributed by atoms with van der Waals surface area (Å²) in [6.45, 7) is 3.34. The molecule has 1 fully saturated rings. The van der Waals surface area contributed by atoms with Gasteiger partial charge in [-0.2, -0.15) is 0 Å². The number of carbonyl (C=O) groups is 5. The summed E-state index contributed by atoms with van der Waals surface area (Å²) in [5.41, 5.74) is 8.18. The van der Waals surface area contributed by atoms with E-state index in [1.807, 2.05) is 71.8 Å². The number of para-hydroxylation sites is 2. The van der Waals surface area contributed by atoms with Gasteiger partial charge in [-0.1, -0.05) is 36.4 Å². The first-order valence-corrected chi connectivity index (χ1v) is 25.5. The van der Waals surface area contributed by atoms with Gasteiger partial charge in [0, 0.05) is 87.8 Å². The Bertz CT molecular complexity index is 3040. The summed E-state index contributed by atoms with van der Waals surface area (Å²) in [7, 11) is 4.67. The van der Waals surface area contributed by atoms with Crippen LogP contribution in [0, 0.1) is 0 Å². The van der Waals surface area contributed by atoms with E-state index >= 15 is 0 Å². The Morgan fingerprint density at radius 2 is 1.29 bits per heavy atom. The molecule has 5 aliphatic rings. The number of fused-ring (bicyclic) bond motifs is 8. The smallest absolute Gasteiger partial charge is 0.333 e. The monoisotopic (exact) mass is 1040 g/mol. The number of hydrogen-bond donors (Lipinski definition) is 1. The first kappa shape index (κ1) is 51.5. The van der Waals surface area contributed by atoms with Crippen molar-refractivity contribution < 1.29 is 62.0 Å². The normalized spacial score (nSPS) is 17.0. The zero-order valence-corrected chi connectivity index (χ0v) is 42.7. The van der Waals surface area contributed by atoms with E-state index in [9.17, 15) is 24.0 Å². The number of methoxy groups -OCH3 is 3. The average Bonchev–Trinajstić information content (AvgIpc) is 4.05. The Balaban J connectivity index is 0.924. The van der Waals surface area contributed by atoms with Crippen molar-refractivity contribution in [1.29, 1.82) is 0 Å². The van der Waals surface area contributed by atoms with Crippen molar-refractivity contribution in [3.8, 4) is 23.0 Å². The average molecular weight is 1040 g/mol. The molecule has 0 spiro atoms. The molecule has 0 aliphatic carbocycles. The number of carbonyl (C=O) groups excluding carboxylic acids is 5. The second-order valence-corrected chi connectivity index (χ2v) is 18.9. The SMILES string of the molecule is COCCOCCOCCN(CCCC(=O)ON1C(=O)CCC1=O)c1cc(COc2cc3c(cc2OC)C(=O)N2c4ccccc4C[C@H]2C=N3)cc(COc2cc3c(cc2OC)C(=O)N2c4ccccc4CC2CN3)c1. The second-order valence-electron chi connectivity index (χ2n) is 18.9. The third kappa shape index (κ3) is 11.0. The quantitative estimate of drug-likeness (QED) is 0.0517. The predicted molar refractivity (Wildman–Crippen MR) is 281 cm³/mol. The molecule has 5 aromatic carbocycles. The van der Waals surface area contributed by atoms with E-state index < -0.39 is 17.8 Å². The largest absolute Gasteiger partial charge is 0.493 e. The van der Waals surface area contributed by atoms with Gasteiger partial charge in [-0.25, -0.2) is 4.79 Å². The molecule has 0 radical (unpaired) electrons. The molecule has 5 aromatic rings. The lowest BCUT2D eigenvalue weighted by Gasteiger charge is -2.26. The number of hydrogen-bond acceptors (Lipinski definition) is 16. The zero-order chi connectivity index (χ0) is 52.7. The molecular formula is C57H60N6O13. The van der Waals surface area contributed by atoms with Crippen LogP contribution >= 0.6 is 0 Å². The molecule has 1 saturated heterocycles. The first-order valence-electron chi connectivity index (χ1n) is 25.5. The lowest BCUT2D eigenvalue weighted by Crippen LogP contribution is -2.39.